The molecule has 116 valence electrons. The maximum absolute atomic E-state index is 5.93. The van der Waals surface area contributed by atoms with Crippen LogP contribution in [0.4, 0.5) is 0 Å². The number of benzene rings is 2. The number of nitrogens with zero attached hydrogens (tertiary/aromatic N) is 2. The molecule has 0 saturated heterocycles. The minimum Gasteiger partial charge on any atom is -0.298 e. The molecule has 2 nitrogen and oxygen atoms in total. The summed E-state index contributed by atoms with van der Waals surface area (Å²) in [7, 11) is 2.13. The lowest BCUT2D eigenvalue weighted by Gasteiger charge is -2.17. The van der Waals surface area contributed by atoms with Gasteiger partial charge in [-0.3, -0.25) is 9.88 Å². The Kier molecular flexibility index (Phi) is 5.06. The van der Waals surface area contributed by atoms with Crippen LogP contribution in [0.15, 0.2) is 73.1 Å². The van der Waals surface area contributed by atoms with E-state index in [2.05, 4.69) is 59.4 Å². The molecule has 0 aliphatic heterocycles. The monoisotopic (exact) mass is 322 g/mol. The topological polar surface area (TPSA) is 16.1 Å². The Hall–Kier alpha value is -2.16. The second-order valence-electron chi connectivity index (χ2n) is 5.74. The smallest absolute Gasteiger partial charge is 0.0406 e. The highest BCUT2D eigenvalue weighted by Gasteiger charge is 2.03. The molecule has 0 aliphatic carbocycles. The van der Waals surface area contributed by atoms with Gasteiger partial charge in [0.2, 0.25) is 0 Å². The minimum atomic E-state index is 0.780. The van der Waals surface area contributed by atoms with E-state index in [1.807, 2.05) is 24.4 Å². The number of rotatable bonds is 5. The van der Waals surface area contributed by atoms with Crippen LogP contribution in [0.25, 0.3) is 11.1 Å². The highest BCUT2D eigenvalue weighted by molar-refractivity contribution is 6.30. The van der Waals surface area contributed by atoms with Crippen LogP contribution in [0, 0.1) is 0 Å². The first-order valence-electron chi connectivity index (χ1n) is 7.63. The molecule has 23 heavy (non-hydrogen) atoms. The lowest BCUT2D eigenvalue weighted by Crippen LogP contribution is -2.17. The molecule has 0 unspecified atom stereocenters. The highest BCUT2D eigenvalue weighted by Crippen LogP contribution is 2.19. The van der Waals surface area contributed by atoms with Gasteiger partial charge in [-0.15, -0.1) is 0 Å². The molecule has 0 atom stereocenters. The van der Waals surface area contributed by atoms with Crippen molar-refractivity contribution < 1.29 is 0 Å². The molecule has 0 radical (unpaired) electrons. The van der Waals surface area contributed by atoms with Crippen LogP contribution in [-0.2, 0) is 13.1 Å². The summed E-state index contributed by atoms with van der Waals surface area (Å²) in [5.74, 6) is 0. The van der Waals surface area contributed by atoms with Gasteiger partial charge in [0.15, 0.2) is 0 Å². The zero-order chi connectivity index (χ0) is 16.1. The van der Waals surface area contributed by atoms with E-state index in [1.54, 1.807) is 6.20 Å². The molecule has 0 saturated carbocycles. The molecule has 3 rings (SSSR count). The second-order valence-corrected chi connectivity index (χ2v) is 6.17. The fraction of sp³-hybridized carbons (Fsp3) is 0.150. The van der Waals surface area contributed by atoms with Crippen LogP contribution in [0.5, 0.6) is 0 Å². The third-order valence-corrected chi connectivity index (χ3v) is 4.02. The minimum absolute atomic E-state index is 0.780. The van der Waals surface area contributed by atoms with Crippen molar-refractivity contribution in [1.29, 1.82) is 0 Å². The number of pyridine rings is 1. The van der Waals surface area contributed by atoms with Crippen molar-refractivity contribution in [3.63, 3.8) is 0 Å². The quantitative estimate of drug-likeness (QED) is 0.654. The molecule has 0 fully saturated rings. The Bertz CT molecular complexity index is 737. The molecule has 0 N–H and O–H groups in total. The van der Waals surface area contributed by atoms with Gasteiger partial charge in [0.05, 0.1) is 0 Å². The summed E-state index contributed by atoms with van der Waals surface area (Å²) >= 11 is 5.93. The van der Waals surface area contributed by atoms with Crippen LogP contribution < -0.4 is 0 Å². The lowest BCUT2D eigenvalue weighted by atomic mass is 10.1. The third kappa shape index (κ3) is 4.41. The first-order chi connectivity index (χ1) is 11.2. The van der Waals surface area contributed by atoms with Gasteiger partial charge in [0, 0.05) is 30.5 Å². The number of halogens is 1. The van der Waals surface area contributed by atoms with E-state index in [0.29, 0.717) is 0 Å². The van der Waals surface area contributed by atoms with E-state index in [0.717, 1.165) is 23.7 Å². The fourth-order valence-electron chi connectivity index (χ4n) is 2.61. The van der Waals surface area contributed by atoms with Crippen LogP contribution >= 0.6 is 11.6 Å². The highest BCUT2D eigenvalue weighted by atomic mass is 35.5. The molecule has 0 bridgehead atoms. The predicted octanol–water partition coefficient (Wildman–Crippen LogP) is 5.03. The molecule has 0 spiro atoms. The molecule has 1 aromatic heterocycles. The zero-order valence-electron chi connectivity index (χ0n) is 13.1. The Balaban J connectivity index is 1.62. The van der Waals surface area contributed by atoms with Gasteiger partial charge < -0.3 is 0 Å². The van der Waals surface area contributed by atoms with Crippen LogP contribution in [-0.4, -0.2) is 16.9 Å². The molecular weight excluding hydrogens is 304 g/mol. The molecule has 0 aliphatic rings. The van der Waals surface area contributed by atoms with Gasteiger partial charge in [0.25, 0.3) is 0 Å². The fourth-order valence-corrected chi connectivity index (χ4v) is 2.73. The van der Waals surface area contributed by atoms with Crippen molar-refractivity contribution in [2.45, 2.75) is 13.1 Å². The SMILES string of the molecule is CN(Cc1ccc(Cl)cc1)Cc1ccc(-c2cccnc2)cc1. The summed E-state index contributed by atoms with van der Waals surface area (Å²) in [4.78, 5) is 6.46. The summed E-state index contributed by atoms with van der Waals surface area (Å²) in [6, 6.07) is 20.7. The van der Waals surface area contributed by atoms with Gasteiger partial charge >= 0.3 is 0 Å². The molecule has 0 amide bonds. The Labute approximate surface area is 142 Å². The standard InChI is InChI=1S/C20H19ClN2/c1-23(15-17-6-10-20(21)11-7-17)14-16-4-8-18(9-5-16)19-3-2-12-22-13-19/h2-13H,14-15H2,1H3. The molecule has 2 aromatic carbocycles. The molecule has 1 heterocycles. The van der Waals surface area contributed by atoms with Gasteiger partial charge in [-0.05, 0) is 47.5 Å². The van der Waals surface area contributed by atoms with Crippen molar-refractivity contribution in [2.24, 2.45) is 0 Å². The summed E-state index contributed by atoms with van der Waals surface area (Å²) in [5.41, 5.74) is 4.91. The van der Waals surface area contributed by atoms with E-state index in [1.165, 1.54) is 16.7 Å². The van der Waals surface area contributed by atoms with Crippen molar-refractivity contribution >= 4 is 11.6 Å². The Morgan fingerprint density at radius 2 is 1.43 bits per heavy atom. The van der Waals surface area contributed by atoms with E-state index in [4.69, 9.17) is 11.6 Å². The summed E-state index contributed by atoms with van der Waals surface area (Å²) in [5, 5.41) is 0.780. The normalized spacial score (nSPS) is 10.9. The Morgan fingerprint density at radius 1 is 0.826 bits per heavy atom. The Morgan fingerprint density at radius 3 is 2.00 bits per heavy atom. The summed E-state index contributed by atoms with van der Waals surface area (Å²) < 4.78 is 0. The first kappa shape index (κ1) is 15.7. The van der Waals surface area contributed by atoms with Crippen molar-refractivity contribution in [1.82, 2.24) is 9.88 Å². The molecule has 3 aromatic rings. The largest absolute Gasteiger partial charge is 0.298 e. The summed E-state index contributed by atoms with van der Waals surface area (Å²) in [6.07, 6.45) is 3.69. The zero-order valence-corrected chi connectivity index (χ0v) is 13.9. The maximum Gasteiger partial charge on any atom is 0.0406 e. The van der Waals surface area contributed by atoms with E-state index >= 15 is 0 Å². The average molecular weight is 323 g/mol. The van der Waals surface area contributed by atoms with Gasteiger partial charge in [-0.1, -0.05) is 54.1 Å². The first-order valence-corrected chi connectivity index (χ1v) is 8.01. The van der Waals surface area contributed by atoms with Crippen molar-refractivity contribution in [2.75, 3.05) is 7.05 Å². The predicted molar refractivity (Wildman–Crippen MR) is 96.3 cm³/mol. The summed E-state index contributed by atoms with van der Waals surface area (Å²) in [6.45, 7) is 1.82. The molecule has 3 heteroatoms. The van der Waals surface area contributed by atoms with E-state index in [-0.39, 0.29) is 0 Å². The van der Waals surface area contributed by atoms with Crippen LogP contribution in [0.1, 0.15) is 11.1 Å². The van der Waals surface area contributed by atoms with Gasteiger partial charge in [0.1, 0.15) is 0 Å². The second kappa shape index (κ2) is 7.40. The number of hydrogen-bond acceptors (Lipinski definition) is 2. The van der Waals surface area contributed by atoms with Crippen LogP contribution in [0.2, 0.25) is 5.02 Å². The average Bonchev–Trinajstić information content (AvgIpc) is 2.58. The van der Waals surface area contributed by atoms with Gasteiger partial charge in [-0.25, -0.2) is 0 Å². The number of hydrogen-bond donors (Lipinski definition) is 0. The third-order valence-electron chi connectivity index (χ3n) is 3.77. The lowest BCUT2D eigenvalue weighted by molar-refractivity contribution is 0.319. The van der Waals surface area contributed by atoms with E-state index < -0.39 is 0 Å². The molecular formula is C20H19ClN2. The number of aromatic nitrogens is 1. The maximum atomic E-state index is 5.93. The van der Waals surface area contributed by atoms with E-state index in [9.17, 15) is 0 Å². The van der Waals surface area contributed by atoms with Gasteiger partial charge in [-0.2, -0.15) is 0 Å². The van der Waals surface area contributed by atoms with Crippen molar-refractivity contribution in [3.05, 3.63) is 89.2 Å². The van der Waals surface area contributed by atoms with Crippen molar-refractivity contribution in [3.8, 4) is 11.1 Å². The van der Waals surface area contributed by atoms with Crippen LogP contribution in [0.3, 0.4) is 0 Å².